The third kappa shape index (κ3) is 3.55. The molecule has 1 aromatic carbocycles. The van der Waals surface area contributed by atoms with Crippen molar-refractivity contribution in [1.29, 1.82) is 0 Å². The number of likely N-dealkylation sites (tertiary alicyclic amines) is 2. The summed E-state index contributed by atoms with van der Waals surface area (Å²) in [4.78, 5) is 17.1. The number of thiophene rings is 1. The van der Waals surface area contributed by atoms with Gasteiger partial charge in [0.05, 0.1) is 0 Å². The zero-order valence-corrected chi connectivity index (χ0v) is 14.8. The average Bonchev–Trinajstić information content (AvgIpc) is 3.29. The van der Waals surface area contributed by atoms with Crippen molar-refractivity contribution in [2.45, 2.75) is 19.4 Å². The van der Waals surface area contributed by atoms with E-state index in [9.17, 15) is 4.79 Å². The molecule has 0 aliphatic carbocycles. The molecule has 0 unspecified atom stereocenters. The summed E-state index contributed by atoms with van der Waals surface area (Å²) in [6, 6.07) is 12.8. The molecule has 0 saturated carbocycles. The van der Waals surface area contributed by atoms with Crippen LogP contribution in [0.4, 0.5) is 0 Å². The van der Waals surface area contributed by atoms with E-state index >= 15 is 0 Å². The topological polar surface area (TPSA) is 23.6 Å². The van der Waals surface area contributed by atoms with Crippen molar-refractivity contribution in [3.63, 3.8) is 0 Å². The molecule has 1 amide bonds. The molecule has 2 aromatic rings. The van der Waals surface area contributed by atoms with Gasteiger partial charge in [-0.05, 0) is 46.2 Å². The van der Waals surface area contributed by atoms with E-state index in [2.05, 4.69) is 57.0 Å². The lowest BCUT2D eigenvalue weighted by Gasteiger charge is -2.21. The number of benzene rings is 1. The Kier molecular flexibility index (Phi) is 4.67. The molecule has 2 saturated heterocycles. The molecule has 1 aromatic heterocycles. The van der Waals surface area contributed by atoms with Crippen molar-refractivity contribution in [3.8, 4) is 0 Å². The Balaban J connectivity index is 1.26. The van der Waals surface area contributed by atoms with Crippen LogP contribution < -0.4 is 0 Å². The lowest BCUT2D eigenvalue weighted by atomic mass is 10.0. The molecule has 2 aliphatic heterocycles. The summed E-state index contributed by atoms with van der Waals surface area (Å²) in [7, 11) is 0. The zero-order chi connectivity index (χ0) is 16.4. The minimum absolute atomic E-state index is 0.338. The van der Waals surface area contributed by atoms with Crippen molar-refractivity contribution in [2.24, 2.45) is 11.8 Å². The number of carbonyl (C=O) groups is 1. The molecule has 2 atom stereocenters. The van der Waals surface area contributed by atoms with Crippen LogP contribution in [-0.4, -0.2) is 41.9 Å². The third-order valence-corrected chi connectivity index (χ3v) is 6.10. The van der Waals surface area contributed by atoms with E-state index in [4.69, 9.17) is 0 Å². The van der Waals surface area contributed by atoms with Crippen LogP contribution in [-0.2, 0) is 17.8 Å². The van der Waals surface area contributed by atoms with Crippen molar-refractivity contribution in [2.75, 3.05) is 26.2 Å². The highest BCUT2D eigenvalue weighted by Gasteiger charge is 2.41. The number of hydrogen-bond donors (Lipinski definition) is 0. The number of rotatable bonds is 5. The summed E-state index contributed by atoms with van der Waals surface area (Å²) in [6.45, 7) is 5.22. The van der Waals surface area contributed by atoms with Crippen molar-refractivity contribution in [3.05, 3.63) is 58.3 Å². The van der Waals surface area contributed by atoms with E-state index in [0.717, 1.165) is 39.1 Å². The van der Waals surface area contributed by atoms with Crippen LogP contribution >= 0.6 is 11.3 Å². The number of hydrogen-bond acceptors (Lipinski definition) is 3. The highest BCUT2D eigenvalue weighted by molar-refractivity contribution is 7.07. The second kappa shape index (κ2) is 7.08. The summed E-state index contributed by atoms with van der Waals surface area (Å²) >= 11 is 1.71. The quantitative estimate of drug-likeness (QED) is 0.834. The molecule has 4 rings (SSSR count). The van der Waals surface area contributed by atoms with E-state index in [1.807, 2.05) is 0 Å². The zero-order valence-electron chi connectivity index (χ0n) is 13.9. The smallest absolute Gasteiger partial charge is 0.222 e. The second-order valence-electron chi connectivity index (χ2n) is 7.13. The van der Waals surface area contributed by atoms with E-state index in [1.54, 1.807) is 11.3 Å². The molecular formula is C20H24N2OS. The highest BCUT2D eigenvalue weighted by atomic mass is 32.1. The first-order valence-corrected chi connectivity index (χ1v) is 9.77. The van der Waals surface area contributed by atoms with Gasteiger partial charge in [-0.25, -0.2) is 0 Å². The fraction of sp³-hybridized carbons (Fsp3) is 0.450. The molecule has 0 spiro atoms. The monoisotopic (exact) mass is 340 g/mol. The summed E-state index contributed by atoms with van der Waals surface area (Å²) in [5, 5.41) is 4.23. The highest BCUT2D eigenvalue weighted by Crippen LogP contribution is 2.32. The van der Waals surface area contributed by atoms with Crippen LogP contribution in [0, 0.1) is 11.8 Å². The first-order chi connectivity index (χ1) is 11.8. The molecule has 0 N–H and O–H groups in total. The van der Waals surface area contributed by atoms with Gasteiger partial charge in [-0.15, -0.1) is 0 Å². The summed E-state index contributed by atoms with van der Waals surface area (Å²) in [5.41, 5.74) is 2.68. The fourth-order valence-corrected chi connectivity index (χ4v) is 4.81. The Labute approximate surface area is 147 Å². The van der Waals surface area contributed by atoms with Gasteiger partial charge in [-0.2, -0.15) is 11.3 Å². The lowest BCUT2D eigenvalue weighted by Crippen LogP contribution is -2.33. The minimum Gasteiger partial charge on any atom is -0.342 e. The maximum absolute atomic E-state index is 12.5. The van der Waals surface area contributed by atoms with Crippen LogP contribution in [0.15, 0.2) is 47.2 Å². The fourth-order valence-electron chi connectivity index (χ4n) is 4.11. The summed E-state index contributed by atoms with van der Waals surface area (Å²) < 4.78 is 0. The van der Waals surface area contributed by atoms with Gasteiger partial charge >= 0.3 is 0 Å². The van der Waals surface area contributed by atoms with Crippen LogP contribution in [0.5, 0.6) is 0 Å². The Bertz CT molecular complexity index is 656. The second-order valence-corrected chi connectivity index (χ2v) is 7.91. The first-order valence-electron chi connectivity index (χ1n) is 8.83. The average molecular weight is 340 g/mol. The maximum Gasteiger partial charge on any atom is 0.222 e. The minimum atomic E-state index is 0.338. The molecule has 4 heteroatoms. The Hall–Kier alpha value is -1.65. The predicted molar refractivity (Wildman–Crippen MR) is 97.9 cm³/mol. The molecule has 2 aliphatic rings. The largest absolute Gasteiger partial charge is 0.342 e. The molecule has 3 nitrogen and oxygen atoms in total. The SMILES string of the molecule is O=C(CCc1ccsc1)N1C[C@H]2CN(Cc3ccccc3)C[C@H]2C1. The van der Waals surface area contributed by atoms with Gasteiger partial charge in [-0.3, -0.25) is 9.69 Å². The van der Waals surface area contributed by atoms with Gasteiger partial charge in [0.25, 0.3) is 0 Å². The molecule has 3 heterocycles. The van der Waals surface area contributed by atoms with Gasteiger partial charge in [0.2, 0.25) is 5.91 Å². The number of amides is 1. The number of carbonyl (C=O) groups excluding carboxylic acids is 1. The molecule has 126 valence electrons. The van der Waals surface area contributed by atoms with Crippen LogP contribution in [0.1, 0.15) is 17.5 Å². The summed E-state index contributed by atoms with van der Waals surface area (Å²) in [6.07, 6.45) is 1.54. The normalized spacial score (nSPS) is 23.6. The lowest BCUT2D eigenvalue weighted by molar-refractivity contribution is -0.130. The number of aryl methyl sites for hydroxylation is 1. The predicted octanol–water partition coefficient (Wildman–Crippen LogP) is 3.27. The Morgan fingerprint density at radius 3 is 2.42 bits per heavy atom. The molecule has 0 radical (unpaired) electrons. The van der Waals surface area contributed by atoms with Gasteiger partial charge in [-0.1, -0.05) is 30.3 Å². The molecule has 0 bridgehead atoms. The van der Waals surface area contributed by atoms with Gasteiger partial charge in [0.1, 0.15) is 0 Å². The van der Waals surface area contributed by atoms with E-state index in [1.165, 1.54) is 11.1 Å². The Morgan fingerprint density at radius 2 is 1.75 bits per heavy atom. The van der Waals surface area contributed by atoms with E-state index in [0.29, 0.717) is 24.2 Å². The van der Waals surface area contributed by atoms with E-state index in [-0.39, 0.29) is 0 Å². The van der Waals surface area contributed by atoms with Crippen molar-refractivity contribution >= 4 is 17.2 Å². The van der Waals surface area contributed by atoms with Crippen LogP contribution in [0.3, 0.4) is 0 Å². The number of nitrogens with zero attached hydrogens (tertiary/aromatic N) is 2. The molecule has 2 fully saturated rings. The third-order valence-electron chi connectivity index (χ3n) is 5.37. The first kappa shape index (κ1) is 15.9. The number of fused-ring (bicyclic) bond motifs is 1. The maximum atomic E-state index is 12.5. The molecule has 24 heavy (non-hydrogen) atoms. The van der Waals surface area contributed by atoms with Gasteiger partial charge in [0.15, 0.2) is 0 Å². The standard InChI is InChI=1S/C20H24N2OS/c23-20(7-6-17-8-9-24-15-17)22-13-18-11-21(12-19(18)14-22)10-16-4-2-1-3-5-16/h1-5,8-9,15,18-19H,6-7,10-14H2/t18-,19+. The van der Waals surface area contributed by atoms with Gasteiger partial charge < -0.3 is 4.90 Å². The van der Waals surface area contributed by atoms with Crippen molar-refractivity contribution < 1.29 is 4.79 Å². The summed E-state index contributed by atoms with van der Waals surface area (Å²) in [5.74, 6) is 1.67. The van der Waals surface area contributed by atoms with Gasteiger partial charge in [0, 0.05) is 39.1 Å². The van der Waals surface area contributed by atoms with Crippen molar-refractivity contribution in [1.82, 2.24) is 9.80 Å². The molecular weight excluding hydrogens is 316 g/mol. The van der Waals surface area contributed by atoms with Crippen LogP contribution in [0.2, 0.25) is 0 Å². The van der Waals surface area contributed by atoms with E-state index < -0.39 is 0 Å². The Morgan fingerprint density at radius 1 is 1.00 bits per heavy atom. The van der Waals surface area contributed by atoms with Crippen LogP contribution in [0.25, 0.3) is 0 Å².